The number of rotatable bonds is 5. The molecule has 1 aromatic heterocycles. The summed E-state index contributed by atoms with van der Waals surface area (Å²) >= 11 is 0. The molecule has 1 aromatic carbocycles. The Morgan fingerprint density at radius 1 is 0.929 bits per heavy atom. The van der Waals surface area contributed by atoms with E-state index >= 15 is 0 Å². The van der Waals surface area contributed by atoms with E-state index in [0.717, 1.165) is 51.4 Å². The SMILES string of the molecule is O=C(Cc1c(C(=O)OC2CCCC2)oc2ccccc2c1=O)OC1CCCC1. The standard InChI is InChI=1S/C22H24O6/c23-19(26-14-7-1-2-8-14)13-17-20(24)16-11-5-6-12-18(16)28-21(17)22(25)27-15-9-3-4-10-15/h5-6,11-12,14-15H,1-4,7-10,13H2. The predicted molar refractivity (Wildman–Crippen MR) is 102 cm³/mol. The Labute approximate surface area is 162 Å². The highest BCUT2D eigenvalue weighted by Gasteiger charge is 2.28. The number of carbonyl (C=O) groups excluding carboxylic acids is 2. The average Bonchev–Trinajstić information content (AvgIpc) is 3.38. The lowest BCUT2D eigenvalue weighted by Gasteiger charge is -2.14. The van der Waals surface area contributed by atoms with Crippen LogP contribution in [0.4, 0.5) is 0 Å². The first-order valence-corrected chi connectivity index (χ1v) is 10.1. The number of esters is 2. The fraction of sp³-hybridized carbons (Fsp3) is 0.500. The molecule has 6 nitrogen and oxygen atoms in total. The maximum absolute atomic E-state index is 13.0. The van der Waals surface area contributed by atoms with Crippen LogP contribution >= 0.6 is 0 Å². The lowest BCUT2D eigenvalue weighted by atomic mass is 10.1. The van der Waals surface area contributed by atoms with Gasteiger partial charge < -0.3 is 13.9 Å². The van der Waals surface area contributed by atoms with Crippen LogP contribution < -0.4 is 5.43 Å². The first-order valence-electron chi connectivity index (χ1n) is 10.1. The van der Waals surface area contributed by atoms with Crippen LogP contribution in [0.2, 0.25) is 0 Å². The van der Waals surface area contributed by atoms with Gasteiger partial charge in [-0.15, -0.1) is 0 Å². The molecule has 0 radical (unpaired) electrons. The Kier molecular flexibility index (Phi) is 5.46. The summed E-state index contributed by atoms with van der Waals surface area (Å²) in [5.74, 6) is -1.37. The molecule has 2 aromatic rings. The van der Waals surface area contributed by atoms with Gasteiger partial charge in [-0.25, -0.2) is 4.79 Å². The van der Waals surface area contributed by atoms with E-state index in [2.05, 4.69) is 0 Å². The van der Waals surface area contributed by atoms with Crippen molar-refractivity contribution in [2.75, 3.05) is 0 Å². The van der Waals surface area contributed by atoms with E-state index in [9.17, 15) is 14.4 Å². The van der Waals surface area contributed by atoms with Crippen molar-refractivity contribution in [2.24, 2.45) is 0 Å². The smallest absolute Gasteiger partial charge is 0.374 e. The molecule has 28 heavy (non-hydrogen) atoms. The number of carbonyl (C=O) groups is 2. The molecule has 0 spiro atoms. The highest BCUT2D eigenvalue weighted by molar-refractivity contribution is 5.92. The maximum Gasteiger partial charge on any atom is 0.374 e. The van der Waals surface area contributed by atoms with Crippen LogP contribution in [0.15, 0.2) is 33.5 Å². The molecule has 0 N–H and O–H groups in total. The molecule has 2 saturated carbocycles. The molecule has 2 aliphatic carbocycles. The van der Waals surface area contributed by atoms with Crippen molar-refractivity contribution in [3.05, 3.63) is 45.8 Å². The minimum Gasteiger partial charge on any atom is -0.462 e. The third kappa shape index (κ3) is 3.96. The second kappa shape index (κ2) is 8.17. The predicted octanol–water partition coefficient (Wildman–Crippen LogP) is 3.92. The fourth-order valence-corrected chi connectivity index (χ4v) is 4.10. The lowest BCUT2D eigenvalue weighted by Crippen LogP contribution is -2.25. The maximum atomic E-state index is 13.0. The zero-order valence-electron chi connectivity index (χ0n) is 15.8. The van der Waals surface area contributed by atoms with Crippen LogP contribution in [0.3, 0.4) is 0 Å². The summed E-state index contributed by atoms with van der Waals surface area (Å²) in [5.41, 5.74) is -0.0629. The molecule has 2 fully saturated rings. The Bertz CT molecular complexity index is 932. The van der Waals surface area contributed by atoms with E-state index in [-0.39, 0.29) is 35.4 Å². The molecule has 6 heteroatoms. The molecule has 2 aliphatic rings. The molecule has 0 amide bonds. The highest BCUT2D eigenvalue weighted by atomic mass is 16.6. The zero-order valence-corrected chi connectivity index (χ0v) is 15.8. The molecule has 0 aliphatic heterocycles. The zero-order chi connectivity index (χ0) is 19.5. The normalized spacial score (nSPS) is 17.9. The van der Waals surface area contributed by atoms with E-state index in [1.807, 2.05) is 0 Å². The summed E-state index contributed by atoms with van der Waals surface area (Å²) in [6.45, 7) is 0. The van der Waals surface area contributed by atoms with E-state index < -0.39 is 11.9 Å². The lowest BCUT2D eigenvalue weighted by molar-refractivity contribution is -0.147. The molecule has 4 rings (SSSR count). The summed E-state index contributed by atoms with van der Waals surface area (Å²) in [4.78, 5) is 38.1. The Balaban J connectivity index is 1.65. The van der Waals surface area contributed by atoms with Gasteiger partial charge in [0.1, 0.15) is 17.8 Å². The number of para-hydroxylation sites is 1. The van der Waals surface area contributed by atoms with Crippen LogP contribution in [0.1, 0.15) is 67.5 Å². The topological polar surface area (TPSA) is 82.8 Å². The van der Waals surface area contributed by atoms with Crippen molar-refractivity contribution in [3.8, 4) is 0 Å². The van der Waals surface area contributed by atoms with Gasteiger partial charge in [0.15, 0.2) is 5.43 Å². The second-order valence-corrected chi connectivity index (χ2v) is 7.62. The van der Waals surface area contributed by atoms with Crippen LogP contribution in [0, 0.1) is 0 Å². The molecule has 0 saturated heterocycles. The molecule has 0 atom stereocenters. The van der Waals surface area contributed by atoms with Crippen LogP contribution in [0.25, 0.3) is 11.0 Å². The van der Waals surface area contributed by atoms with Gasteiger partial charge in [0.2, 0.25) is 5.76 Å². The Hall–Kier alpha value is -2.63. The Morgan fingerprint density at radius 2 is 1.54 bits per heavy atom. The van der Waals surface area contributed by atoms with Crippen molar-refractivity contribution in [1.82, 2.24) is 0 Å². The highest BCUT2D eigenvalue weighted by Crippen LogP contribution is 2.25. The minimum absolute atomic E-state index is 0.0182. The number of benzene rings is 1. The fourth-order valence-electron chi connectivity index (χ4n) is 4.10. The van der Waals surface area contributed by atoms with Crippen molar-refractivity contribution < 1.29 is 23.5 Å². The third-order valence-electron chi connectivity index (χ3n) is 5.57. The minimum atomic E-state index is -0.682. The van der Waals surface area contributed by atoms with Gasteiger partial charge in [-0.1, -0.05) is 12.1 Å². The van der Waals surface area contributed by atoms with Gasteiger partial charge in [0.05, 0.1) is 17.4 Å². The van der Waals surface area contributed by atoms with Crippen molar-refractivity contribution in [2.45, 2.75) is 70.0 Å². The van der Waals surface area contributed by atoms with Gasteiger partial charge in [-0.05, 0) is 63.5 Å². The van der Waals surface area contributed by atoms with E-state index in [1.54, 1.807) is 24.3 Å². The van der Waals surface area contributed by atoms with Crippen molar-refractivity contribution in [1.29, 1.82) is 0 Å². The summed E-state index contributed by atoms with van der Waals surface area (Å²) < 4.78 is 16.7. The number of hydrogen-bond donors (Lipinski definition) is 0. The number of hydrogen-bond acceptors (Lipinski definition) is 6. The van der Waals surface area contributed by atoms with E-state index in [1.165, 1.54) is 0 Å². The number of fused-ring (bicyclic) bond motifs is 1. The van der Waals surface area contributed by atoms with Gasteiger partial charge in [-0.3, -0.25) is 9.59 Å². The van der Waals surface area contributed by atoms with E-state index in [4.69, 9.17) is 13.9 Å². The van der Waals surface area contributed by atoms with Crippen molar-refractivity contribution >= 4 is 22.9 Å². The number of ether oxygens (including phenoxy) is 2. The van der Waals surface area contributed by atoms with Gasteiger partial charge >= 0.3 is 11.9 Å². The summed E-state index contributed by atoms with van der Waals surface area (Å²) in [6.07, 6.45) is 6.84. The summed E-state index contributed by atoms with van der Waals surface area (Å²) in [6, 6.07) is 6.70. The van der Waals surface area contributed by atoms with Gasteiger partial charge in [0.25, 0.3) is 0 Å². The molecule has 1 heterocycles. The molecule has 148 valence electrons. The Morgan fingerprint density at radius 3 is 2.21 bits per heavy atom. The monoisotopic (exact) mass is 384 g/mol. The molecular formula is C22H24O6. The summed E-state index contributed by atoms with van der Waals surface area (Å²) in [5, 5.41) is 0.337. The average molecular weight is 384 g/mol. The summed E-state index contributed by atoms with van der Waals surface area (Å²) in [7, 11) is 0. The first-order chi connectivity index (χ1) is 13.6. The third-order valence-corrected chi connectivity index (χ3v) is 5.57. The quantitative estimate of drug-likeness (QED) is 0.727. The van der Waals surface area contributed by atoms with Gasteiger partial charge in [-0.2, -0.15) is 0 Å². The molecule has 0 bridgehead atoms. The first kappa shape index (κ1) is 18.7. The van der Waals surface area contributed by atoms with Crippen LogP contribution in [0.5, 0.6) is 0 Å². The van der Waals surface area contributed by atoms with Crippen LogP contribution in [-0.2, 0) is 20.7 Å². The van der Waals surface area contributed by atoms with E-state index in [0.29, 0.717) is 11.0 Å². The van der Waals surface area contributed by atoms with Crippen LogP contribution in [-0.4, -0.2) is 24.1 Å². The second-order valence-electron chi connectivity index (χ2n) is 7.62. The molecule has 0 unspecified atom stereocenters. The largest absolute Gasteiger partial charge is 0.462 e. The van der Waals surface area contributed by atoms with Gasteiger partial charge in [0, 0.05) is 0 Å². The van der Waals surface area contributed by atoms with Crippen molar-refractivity contribution in [3.63, 3.8) is 0 Å². The molecular weight excluding hydrogens is 360 g/mol.